The average molecular weight is 144 g/mol. The molecule has 58 valence electrons. The zero-order valence-corrected chi connectivity index (χ0v) is 6.09. The number of ether oxygens (including phenoxy) is 1. The third kappa shape index (κ3) is 1.29. The number of rotatable bonds is 3. The van der Waals surface area contributed by atoms with Crippen LogP contribution in [0.4, 0.5) is 0 Å². The van der Waals surface area contributed by atoms with E-state index in [1.807, 2.05) is 6.92 Å². The SMILES string of the molecule is CCC1(CC(=O)O)CCO1. The predicted molar refractivity (Wildman–Crippen MR) is 35.8 cm³/mol. The molecule has 1 rings (SSSR count). The van der Waals surface area contributed by atoms with Crippen molar-refractivity contribution < 1.29 is 14.6 Å². The largest absolute Gasteiger partial charge is 0.481 e. The van der Waals surface area contributed by atoms with Crippen molar-refractivity contribution in [3.8, 4) is 0 Å². The van der Waals surface area contributed by atoms with Gasteiger partial charge in [0.2, 0.25) is 0 Å². The predicted octanol–water partition coefficient (Wildman–Crippen LogP) is 1.03. The molecule has 1 N–H and O–H groups in total. The number of carbonyl (C=O) groups is 1. The molecule has 1 unspecified atom stereocenters. The summed E-state index contributed by atoms with van der Waals surface area (Å²) < 4.78 is 5.20. The molecule has 0 radical (unpaired) electrons. The van der Waals surface area contributed by atoms with Gasteiger partial charge in [0.05, 0.1) is 18.6 Å². The van der Waals surface area contributed by atoms with Crippen molar-refractivity contribution in [2.75, 3.05) is 6.61 Å². The maximum absolute atomic E-state index is 10.3. The molecule has 0 aromatic rings. The van der Waals surface area contributed by atoms with E-state index in [-0.39, 0.29) is 12.0 Å². The van der Waals surface area contributed by atoms with E-state index >= 15 is 0 Å². The maximum Gasteiger partial charge on any atom is 0.306 e. The van der Waals surface area contributed by atoms with Crippen LogP contribution in [0.3, 0.4) is 0 Å². The van der Waals surface area contributed by atoms with Crippen LogP contribution in [-0.4, -0.2) is 23.3 Å². The zero-order chi connectivity index (χ0) is 7.61. The smallest absolute Gasteiger partial charge is 0.306 e. The third-order valence-electron chi connectivity index (χ3n) is 2.08. The van der Waals surface area contributed by atoms with Gasteiger partial charge >= 0.3 is 5.97 Å². The van der Waals surface area contributed by atoms with Gasteiger partial charge in [-0.3, -0.25) is 4.79 Å². The van der Waals surface area contributed by atoms with Gasteiger partial charge in [0.25, 0.3) is 0 Å². The number of carboxylic acids is 1. The quantitative estimate of drug-likeness (QED) is 0.643. The molecule has 0 bridgehead atoms. The minimum atomic E-state index is -0.762. The van der Waals surface area contributed by atoms with E-state index in [9.17, 15) is 4.79 Å². The average Bonchev–Trinajstić information content (AvgIpc) is 1.78. The van der Waals surface area contributed by atoms with E-state index in [1.165, 1.54) is 0 Å². The van der Waals surface area contributed by atoms with Crippen LogP contribution >= 0.6 is 0 Å². The summed E-state index contributed by atoms with van der Waals surface area (Å²) in [5.74, 6) is -0.762. The van der Waals surface area contributed by atoms with Crippen LogP contribution in [0.25, 0.3) is 0 Å². The summed E-state index contributed by atoms with van der Waals surface area (Å²) >= 11 is 0. The fourth-order valence-corrected chi connectivity index (χ4v) is 1.21. The molecule has 0 aromatic carbocycles. The van der Waals surface area contributed by atoms with E-state index in [1.54, 1.807) is 0 Å². The van der Waals surface area contributed by atoms with Crippen molar-refractivity contribution in [2.45, 2.75) is 31.8 Å². The molecule has 0 amide bonds. The van der Waals surface area contributed by atoms with E-state index in [0.717, 1.165) is 19.4 Å². The number of hydrogen-bond donors (Lipinski definition) is 1. The van der Waals surface area contributed by atoms with Crippen LogP contribution in [0.2, 0.25) is 0 Å². The van der Waals surface area contributed by atoms with Crippen molar-refractivity contribution in [1.82, 2.24) is 0 Å². The first-order valence-corrected chi connectivity index (χ1v) is 3.54. The van der Waals surface area contributed by atoms with Gasteiger partial charge in [-0.15, -0.1) is 0 Å². The van der Waals surface area contributed by atoms with Crippen LogP contribution in [0.1, 0.15) is 26.2 Å². The molecule has 1 saturated heterocycles. The fourth-order valence-electron chi connectivity index (χ4n) is 1.21. The summed E-state index contributed by atoms with van der Waals surface area (Å²) in [4.78, 5) is 10.3. The molecule has 1 aliphatic heterocycles. The molecule has 1 atom stereocenters. The van der Waals surface area contributed by atoms with E-state index in [0.29, 0.717) is 0 Å². The van der Waals surface area contributed by atoms with E-state index in [4.69, 9.17) is 9.84 Å². The highest BCUT2D eigenvalue weighted by atomic mass is 16.5. The van der Waals surface area contributed by atoms with Gasteiger partial charge < -0.3 is 9.84 Å². The zero-order valence-electron chi connectivity index (χ0n) is 6.09. The van der Waals surface area contributed by atoms with Gasteiger partial charge in [0, 0.05) is 6.42 Å². The molecule has 3 nitrogen and oxygen atoms in total. The highest BCUT2D eigenvalue weighted by Gasteiger charge is 2.38. The van der Waals surface area contributed by atoms with Crippen molar-refractivity contribution in [3.05, 3.63) is 0 Å². The highest BCUT2D eigenvalue weighted by Crippen LogP contribution is 2.32. The first kappa shape index (κ1) is 7.54. The molecular formula is C7H12O3. The van der Waals surface area contributed by atoms with Gasteiger partial charge in [0.1, 0.15) is 0 Å². The Hall–Kier alpha value is -0.570. The second kappa shape index (κ2) is 2.58. The Morgan fingerprint density at radius 3 is 2.50 bits per heavy atom. The van der Waals surface area contributed by atoms with Crippen LogP contribution in [-0.2, 0) is 9.53 Å². The van der Waals surface area contributed by atoms with Crippen LogP contribution in [0.5, 0.6) is 0 Å². The summed E-state index contributed by atoms with van der Waals surface area (Å²) in [7, 11) is 0. The standard InChI is InChI=1S/C7H12O3/c1-2-7(3-4-10-7)5-6(8)9/h2-5H2,1H3,(H,8,9). The number of hydrogen-bond acceptors (Lipinski definition) is 2. The summed E-state index contributed by atoms with van der Waals surface area (Å²) in [6, 6.07) is 0. The Kier molecular flexibility index (Phi) is 1.94. The molecule has 0 spiro atoms. The lowest BCUT2D eigenvalue weighted by atomic mass is 9.88. The minimum Gasteiger partial charge on any atom is -0.481 e. The number of carboxylic acid groups (broad SMARTS) is 1. The monoisotopic (exact) mass is 144 g/mol. The van der Waals surface area contributed by atoms with Crippen LogP contribution in [0, 0.1) is 0 Å². The van der Waals surface area contributed by atoms with Crippen molar-refractivity contribution in [2.24, 2.45) is 0 Å². The van der Waals surface area contributed by atoms with Crippen LogP contribution in [0.15, 0.2) is 0 Å². The Balaban J connectivity index is 2.40. The molecule has 1 aliphatic rings. The van der Waals surface area contributed by atoms with E-state index < -0.39 is 5.97 Å². The Morgan fingerprint density at radius 1 is 1.80 bits per heavy atom. The maximum atomic E-state index is 10.3. The third-order valence-corrected chi connectivity index (χ3v) is 2.08. The van der Waals surface area contributed by atoms with Gasteiger partial charge in [-0.2, -0.15) is 0 Å². The van der Waals surface area contributed by atoms with Crippen molar-refractivity contribution in [3.63, 3.8) is 0 Å². The van der Waals surface area contributed by atoms with Gasteiger partial charge in [-0.05, 0) is 6.42 Å². The highest BCUT2D eigenvalue weighted by molar-refractivity contribution is 5.68. The Morgan fingerprint density at radius 2 is 2.40 bits per heavy atom. The molecule has 0 aliphatic carbocycles. The van der Waals surface area contributed by atoms with Crippen molar-refractivity contribution >= 4 is 5.97 Å². The van der Waals surface area contributed by atoms with Crippen LogP contribution < -0.4 is 0 Å². The summed E-state index contributed by atoms with van der Waals surface area (Å²) in [5, 5.41) is 8.47. The first-order chi connectivity index (χ1) is 4.68. The van der Waals surface area contributed by atoms with Gasteiger partial charge in [-0.25, -0.2) is 0 Å². The first-order valence-electron chi connectivity index (χ1n) is 3.54. The van der Waals surface area contributed by atoms with Gasteiger partial charge in [-0.1, -0.05) is 6.92 Å². The topological polar surface area (TPSA) is 46.5 Å². The molecule has 3 heteroatoms. The molecule has 1 heterocycles. The lowest BCUT2D eigenvalue weighted by molar-refractivity contribution is -0.172. The molecular weight excluding hydrogens is 132 g/mol. The van der Waals surface area contributed by atoms with Crippen molar-refractivity contribution in [1.29, 1.82) is 0 Å². The van der Waals surface area contributed by atoms with E-state index in [2.05, 4.69) is 0 Å². The second-order valence-corrected chi connectivity index (χ2v) is 2.71. The Labute approximate surface area is 60.0 Å². The lowest BCUT2D eigenvalue weighted by Crippen LogP contribution is -2.44. The fraction of sp³-hybridized carbons (Fsp3) is 0.857. The lowest BCUT2D eigenvalue weighted by Gasteiger charge is -2.40. The Bertz CT molecular complexity index is 132. The summed E-state index contributed by atoms with van der Waals surface area (Å²) in [5.41, 5.74) is -0.314. The molecule has 10 heavy (non-hydrogen) atoms. The summed E-state index contributed by atoms with van der Waals surface area (Å²) in [6.45, 7) is 2.68. The molecule has 0 aromatic heterocycles. The molecule has 0 saturated carbocycles. The normalized spacial score (nSPS) is 31.3. The molecule has 1 fully saturated rings. The second-order valence-electron chi connectivity index (χ2n) is 2.71. The number of aliphatic carboxylic acids is 1. The summed E-state index contributed by atoms with van der Waals surface area (Å²) in [6.07, 6.45) is 1.86. The van der Waals surface area contributed by atoms with Gasteiger partial charge in [0.15, 0.2) is 0 Å². The minimum absolute atomic E-state index is 0.156.